The van der Waals surface area contributed by atoms with Gasteiger partial charge in [-0.2, -0.15) is 0 Å². The highest BCUT2D eigenvalue weighted by atomic mass is 35.5. The number of hydrogen-bond acceptors (Lipinski definition) is 4. The highest BCUT2D eigenvalue weighted by Gasteiger charge is 2.36. The molecule has 3 aromatic rings. The van der Waals surface area contributed by atoms with E-state index in [-0.39, 0.29) is 10.1 Å². The minimum atomic E-state index is -0.408. The van der Waals surface area contributed by atoms with Crippen molar-refractivity contribution in [3.05, 3.63) is 80.9 Å². The molecule has 0 spiro atoms. The van der Waals surface area contributed by atoms with Gasteiger partial charge in [-0.1, -0.05) is 35.3 Å². The number of aryl methyl sites for hydroxylation is 1. The third-order valence-corrected chi connectivity index (χ3v) is 5.57. The number of imide groups is 1. The molecule has 0 aliphatic carbocycles. The Bertz CT molecular complexity index is 1140. The van der Waals surface area contributed by atoms with Gasteiger partial charge in [0.05, 0.1) is 10.6 Å². The summed E-state index contributed by atoms with van der Waals surface area (Å²) in [5.74, 6) is 0.709. The third kappa shape index (κ3) is 3.61. The van der Waals surface area contributed by atoms with Crippen LogP contribution < -0.4 is 4.90 Å². The highest BCUT2D eigenvalue weighted by molar-refractivity contribution is 8.19. The Morgan fingerprint density at radius 1 is 1.00 bits per heavy atom. The van der Waals surface area contributed by atoms with Gasteiger partial charge in [0.25, 0.3) is 11.1 Å². The van der Waals surface area contributed by atoms with Gasteiger partial charge in [-0.3, -0.25) is 9.59 Å². The molecule has 1 fully saturated rings. The average molecular weight is 430 g/mol. The van der Waals surface area contributed by atoms with Gasteiger partial charge in [0.15, 0.2) is 0 Å². The fourth-order valence-electron chi connectivity index (χ4n) is 2.87. The maximum Gasteiger partial charge on any atom is 0.298 e. The topological polar surface area (TPSA) is 50.5 Å². The van der Waals surface area contributed by atoms with E-state index in [0.717, 1.165) is 27.8 Å². The summed E-state index contributed by atoms with van der Waals surface area (Å²) in [5, 5.41) is 0.685. The van der Waals surface area contributed by atoms with Gasteiger partial charge in [0, 0.05) is 21.7 Å². The van der Waals surface area contributed by atoms with Crippen LogP contribution in [0, 0.1) is 6.92 Å². The molecule has 1 saturated heterocycles. The second-order valence-corrected chi connectivity index (χ2v) is 8.02. The minimum absolute atomic E-state index is 0.286. The molecule has 1 aromatic heterocycles. The Labute approximate surface area is 175 Å². The van der Waals surface area contributed by atoms with Crippen LogP contribution >= 0.6 is 35.0 Å². The van der Waals surface area contributed by atoms with Crippen LogP contribution in [0.3, 0.4) is 0 Å². The Kier molecular flexibility index (Phi) is 5.06. The van der Waals surface area contributed by atoms with Gasteiger partial charge in [-0.15, -0.1) is 0 Å². The van der Waals surface area contributed by atoms with Gasteiger partial charge in [0.1, 0.15) is 11.5 Å². The zero-order chi connectivity index (χ0) is 19.8. The van der Waals surface area contributed by atoms with Crippen LogP contribution in [0.1, 0.15) is 11.3 Å². The fraction of sp³-hybridized carbons (Fsp3) is 0.0476. The Morgan fingerprint density at radius 3 is 2.57 bits per heavy atom. The number of rotatable bonds is 3. The molecule has 1 aliphatic rings. The molecule has 0 radical (unpaired) electrons. The van der Waals surface area contributed by atoms with E-state index < -0.39 is 5.91 Å². The van der Waals surface area contributed by atoms with Gasteiger partial charge >= 0.3 is 0 Å². The minimum Gasteiger partial charge on any atom is -0.457 e. The molecule has 0 unspecified atom stereocenters. The summed E-state index contributed by atoms with van der Waals surface area (Å²) in [6, 6.07) is 15.7. The van der Waals surface area contributed by atoms with Crippen molar-refractivity contribution < 1.29 is 14.0 Å². The molecular formula is C21H13Cl2NO3S. The van der Waals surface area contributed by atoms with Crippen LogP contribution in [0.15, 0.2) is 63.9 Å². The summed E-state index contributed by atoms with van der Waals surface area (Å²) in [7, 11) is 0. The molecule has 0 N–H and O–H groups in total. The van der Waals surface area contributed by atoms with Crippen molar-refractivity contribution in [2.24, 2.45) is 0 Å². The smallest absolute Gasteiger partial charge is 0.298 e. The number of benzene rings is 2. The van der Waals surface area contributed by atoms with E-state index in [1.165, 1.54) is 0 Å². The quantitative estimate of drug-likeness (QED) is 0.429. The second kappa shape index (κ2) is 7.51. The van der Waals surface area contributed by atoms with Crippen molar-refractivity contribution in [2.45, 2.75) is 6.92 Å². The predicted octanol–water partition coefficient (Wildman–Crippen LogP) is 6.80. The molecule has 7 heteroatoms. The molecule has 2 heterocycles. The average Bonchev–Trinajstić information content (AvgIpc) is 3.22. The lowest BCUT2D eigenvalue weighted by Gasteiger charge is -2.12. The lowest BCUT2D eigenvalue weighted by atomic mass is 10.1. The van der Waals surface area contributed by atoms with Gasteiger partial charge in [-0.05, 0) is 66.7 Å². The third-order valence-electron chi connectivity index (χ3n) is 4.23. The first-order valence-corrected chi connectivity index (χ1v) is 9.89. The molecule has 0 saturated carbocycles. The SMILES string of the molecule is Cc1ccc(Cl)cc1-c1ccc(/C=C2/SC(=O)N(c3cccc(Cl)c3)C2=O)o1. The van der Waals surface area contributed by atoms with Crippen molar-refractivity contribution in [2.75, 3.05) is 4.90 Å². The van der Waals surface area contributed by atoms with Gasteiger partial charge in [-0.25, -0.2) is 4.90 Å². The Hall–Kier alpha value is -2.47. The lowest BCUT2D eigenvalue weighted by Crippen LogP contribution is -2.27. The van der Waals surface area contributed by atoms with E-state index >= 15 is 0 Å². The number of carbonyl (C=O) groups excluding carboxylic acids is 2. The zero-order valence-electron chi connectivity index (χ0n) is 14.6. The van der Waals surface area contributed by atoms with Gasteiger partial charge < -0.3 is 4.42 Å². The van der Waals surface area contributed by atoms with Crippen LogP contribution in [0.5, 0.6) is 0 Å². The summed E-state index contributed by atoms with van der Waals surface area (Å²) >= 11 is 12.9. The Balaban J connectivity index is 1.64. The number of halogens is 2. The number of thioether (sulfide) groups is 1. The largest absolute Gasteiger partial charge is 0.457 e. The molecule has 0 atom stereocenters. The van der Waals surface area contributed by atoms with Crippen LogP contribution in [-0.2, 0) is 4.79 Å². The predicted molar refractivity (Wildman–Crippen MR) is 114 cm³/mol. The monoisotopic (exact) mass is 429 g/mol. The lowest BCUT2D eigenvalue weighted by molar-refractivity contribution is -0.113. The molecule has 1 aliphatic heterocycles. The normalized spacial score (nSPS) is 15.7. The summed E-state index contributed by atoms with van der Waals surface area (Å²) in [5.41, 5.74) is 2.33. The molecule has 0 bridgehead atoms. The van der Waals surface area contributed by atoms with E-state index in [1.54, 1.807) is 36.4 Å². The van der Waals surface area contributed by atoms with Crippen LogP contribution in [0.4, 0.5) is 10.5 Å². The highest BCUT2D eigenvalue weighted by Crippen LogP contribution is 2.37. The molecule has 4 nitrogen and oxygen atoms in total. The molecule has 140 valence electrons. The van der Waals surface area contributed by atoms with E-state index in [4.69, 9.17) is 27.6 Å². The van der Waals surface area contributed by atoms with E-state index in [2.05, 4.69) is 0 Å². The number of anilines is 1. The van der Waals surface area contributed by atoms with Crippen molar-refractivity contribution >= 4 is 57.9 Å². The van der Waals surface area contributed by atoms with Crippen LogP contribution in [-0.4, -0.2) is 11.1 Å². The molecule has 28 heavy (non-hydrogen) atoms. The molecule has 4 rings (SSSR count). The van der Waals surface area contributed by atoms with Crippen molar-refractivity contribution in [3.63, 3.8) is 0 Å². The molecule has 2 aromatic carbocycles. The van der Waals surface area contributed by atoms with E-state index in [9.17, 15) is 9.59 Å². The summed E-state index contributed by atoms with van der Waals surface area (Å²) < 4.78 is 5.86. The number of hydrogen-bond donors (Lipinski definition) is 0. The van der Waals surface area contributed by atoms with Crippen molar-refractivity contribution in [1.82, 2.24) is 0 Å². The number of carbonyl (C=O) groups is 2. The fourth-order valence-corrected chi connectivity index (χ4v) is 4.05. The summed E-state index contributed by atoms with van der Waals surface area (Å²) in [6.45, 7) is 1.96. The van der Waals surface area contributed by atoms with E-state index in [1.807, 2.05) is 31.2 Å². The summed E-state index contributed by atoms with van der Waals surface area (Å²) in [4.78, 5) is 26.5. The van der Waals surface area contributed by atoms with Crippen molar-refractivity contribution in [3.8, 4) is 11.3 Å². The first-order valence-electron chi connectivity index (χ1n) is 8.32. The molecular weight excluding hydrogens is 417 g/mol. The second-order valence-electron chi connectivity index (χ2n) is 6.16. The van der Waals surface area contributed by atoms with Crippen LogP contribution in [0.2, 0.25) is 10.0 Å². The molecule has 2 amide bonds. The van der Waals surface area contributed by atoms with Crippen molar-refractivity contribution in [1.29, 1.82) is 0 Å². The number of amides is 2. The van der Waals surface area contributed by atoms with E-state index in [0.29, 0.717) is 27.3 Å². The first kappa shape index (κ1) is 18.9. The number of furan rings is 1. The maximum absolute atomic E-state index is 12.7. The first-order chi connectivity index (χ1) is 13.4. The Morgan fingerprint density at radius 2 is 1.79 bits per heavy atom. The zero-order valence-corrected chi connectivity index (χ0v) is 16.9. The summed E-state index contributed by atoms with van der Waals surface area (Å²) in [6.07, 6.45) is 1.57. The maximum atomic E-state index is 12.7. The number of nitrogens with zero attached hydrogens (tertiary/aromatic N) is 1. The van der Waals surface area contributed by atoms with Gasteiger partial charge in [0.2, 0.25) is 0 Å². The van der Waals surface area contributed by atoms with Crippen LogP contribution in [0.25, 0.3) is 17.4 Å². The standard InChI is InChI=1S/C21H13Cl2NO3S/c1-12-5-6-14(23)10-17(12)18-8-7-16(27-18)11-19-20(25)24(21(26)28-19)15-4-2-3-13(22)9-15/h2-11H,1H3/b19-11+.